The molecule has 0 aliphatic heterocycles. The number of fused-ring (bicyclic) bond motifs is 1. The van der Waals surface area contributed by atoms with Crippen molar-refractivity contribution in [3.63, 3.8) is 0 Å². The van der Waals surface area contributed by atoms with Crippen molar-refractivity contribution in [2.75, 3.05) is 5.32 Å². The number of nitro benzene ring substituents is 2. The van der Waals surface area contributed by atoms with Gasteiger partial charge in [0.1, 0.15) is 5.69 Å². The molecule has 0 radical (unpaired) electrons. The van der Waals surface area contributed by atoms with Crippen LogP contribution < -0.4 is 10.9 Å². The van der Waals surface area contributed by atoms with E-state index in [9.17, 15) is 29.8 Å². The van der Waals surface area contributed by atoms with Crippen molar-refractivity contribution in [1.29, 1.82) is 0 Å². The lowest BCUT2D eigenvalue weighted by atomic mass is 10.1. The molecular weight excluding hydrogens is 358 g/mol. The van der Waals surface area contributed by atoms with E-state index < -0.39 is 21.4 Å². The van der Waals surface area contributed by atoms with Crippen molar-refractivity contribution >= 4 is 33.9 Å². The first kappa shape index (κ1) is 17.7. The molecule has 3 rings (SSSR count). The first-order valence-corrected chi connectivity index (χ1v) is 7.55. The average Bonchev–Trinajstić information content (AvgIpc) is 2.61. The third kappa shape index (κ3) is 3.35. The van der Waals surface area contributed by atoms with Gasteiger partial charge in [-0.15, -0.1) is 0 Å². The second-order valence-corrected chi connectivity index (χ2v) is 5.61. The van der Waals surface area contributed by atoms with Crippen molar-refractivity contribution in [2.45, 2.75) is 6.92 Å². The maximum atomic E-state index is 12.3. The van der Waals surface area contributed by atoms with E-state index in [0.29, 0.717) is 5.56 Å². The summed E-state index contributed by atoms with van der Waals surface area (Å²) in [6, 6.07) is 9.22. The summed E-state index contributed by atoms with van der Waals surface area (Å²) in [5.41, 5.74) is -1.68. The molecule has 0 aliphatic carbocycles. The summed E-state index contributed by atoms with van der Waals surface area (Å²) in [6.45, 7) is 1.53. The number of carbonyl (C=O) groups is 1. The smallest absolute Gasteiger partial charge is 0.360 e. The van der Waals surface area contributed by atoms with Crippen LogP contribution in [-0.4, -0.2) is 15.8 Å². The van der Waals surface area contributed by atoms with Crippen LogP contribution in [0.2, 0.25) is 0 Å². The molecule has 1 N–H and O–H groups in total. The van der Waals surface area contributed by atoms with Gasteiger partial charge in [0.05, 0.1) is 9.85 Å². The summed E-state index contributed by atoms with van der Waals surface area (Å²) in [4.78, 5) is 45.1. The number of aryl methyl sites for hydroxylation is 1. The van der Waals surface area contributed by atoms with Gasteiger partial charge < -0.3 is 9.73 Å². The SMILES string of the molecule is Cc1ccc(C(=O)Nc2cc3cccc([N+](=O)[O-])c3oc2=O)cc1[N+](=O)[O-]. The maximum Gasteiger partial charge on any atom is 0.360 e. The highest BCUT2D eigenvalue weighted by atomic mass is 16.6. The predicted molar refractivity (Wildman–Crippen MR) is 94.9 cm³/mol. The molecule has 0 fully saturated rings. The summed E-state index contributed by atoms with van der Waals surface area (Å²) in [5.74, 6) is -0.754. The van der Waals surface area contributed by atoms with Gasteiger partial charge in [-0.1, -0.05) is 18.2 Å². The molecular formula is C17H11N3O7. The van der Waals surface area contributed by atoms with Gasteiger partial charge in [-0.05, 0) is 19.1 Å². The molecule has 0 unspecified atom stereocenters. The van der Waals surface area contributed by atoms with Crippen LogP contribution >= 0.6 is 0 Å². The highest BCUT2D eigenvalue weighted by Crippen LogP contribution is 2.26. The van der Waals surface area contributed by atoms with Crippen molar-refractivity contribution in [3.8, 4) is 0 Å². The molecule has 2 aromatic carbocycles. The molecule has 10 nitrogen and oxygen atoms in total. The van der Waals surface area contributed by atoms with Gasteiger partial charge in [0, 0.05) is 28.6 Å². The van der Waals surface area contributed by atoms with E-state index in [4.69, 9.17) is 4.42 Å². The summed E-state index contributed by atoms with van der Waals surface area (Å²) in [5, 5.41) is 24.6. The first-order valence-electron chi connectivity index (χ1n) is 7.55. The van der Waals surface area contributed by atoms with Crippen LogP contribution in [0.25, 0.3) is 11.0 Å². The lowest BCUT2D eigenvalue weighted by Crippen LogP contribution is -2.18. The number of hydrogen-bond donors (Lipinski definition) is 1. The number of nitrogens with zero attached hydrogens (tertiary/aromatic N) is 2. The number of para-hydroxylation sites is 1. The zero-order valence-corrected chi connectivity index (χ0v) is 13.8. The van der Waals surface area contributed by atoms with Crippen LogP contribution in [0.4, 0.5) is 17.1 Å². The lowest BCUT2D eigenvalue weighted by Gasteiger charge is -2.06. The Kier molecular flexibility index (Phi) is 4.38. The van der Waals surface area contributed by atoms with Crippen LogP contribution in [0.3, 0.4) is 0 Å². The van der Waals surface area contributed by atoms with E-state index in [0.717, 1.165) is 6.07 Å². The van der Waals surface area contributed by atoms with Crippen LogP contribution in [0.1, 0.15) is 15.9 Å². The van der Waals surface area contributed by atoms with Crippen molar-refractivity contribution < 1.29 is 19.1 Å². The molecule has 0 atom stereocenters. The van der Waals surface area contributed by atoms with Gasteiger partial charge in [-0.25, -0.2) is 4.79 Å². The fourth-order valence-electron chi connectivity index (χ4n) is 2.50. The summed E-state index contributed by atoms with van der Waals surface area (Å²) in [7, 11) is 0. The fraction of sp³-hybridized carbons (Fsp3) is 0.0588. The number of anilines is 1. The molecule has 1 amide bonds. The number of hydrogen-bond acceptors (Lipinski definition) is 7. The molecule has 27 heavy (non-hydrogen) atoms. The standard InChI is InChI=1S/C17H11N3O7/c1-9-5-6-11(8-14(9)20(25)26)16(21)18-12-7-10-3-2-4-13(19(23)24)15(10)27-17(12)22/h2-8H,1H3,(H,18,21). The number of rotatable bonds is 4. The third-order valence-electron chi connectivity index (χ3n) is 3.85. The van der Waals surface area contributed by atoms with E-state index in [1.165, 1.54) is 43.3 Å². The van der Waals surface area contributed by atoms with E-state index in [1.54, 1.807) is 0 Å². The lowest BCUT2D eigenvalue weighted by molar-refractivity contribution is -0.385. The second kappa shape index (κ2) is 6.67. The fourth-order valence-corrected chi connectivity index (χ4v) is 2.50. The van der Waals surface area contributed by atoms with Gasteiger partial charge in [-0.2, -0.15) is 0 Å². The quantitative estimate of drug-likeness (QED) is 0.422. The number of amides is 1. The van der Waals surface area contributed by atoms with Gasteiger partial charge in [0.15, 0.2) is 0 Å². The summed E-state index contributed by atoms with van der Waals surface area (Å²) < 4.78 is 4.98. The Morgan fingerprint density at radius 3 is 2.41 bits per heavy atom. The highest BCUT2D eigenvalue weighted by molar-refractivity contribution is 6.05. The molecule has 0 bridgehead atoms. The van der Waals surface area contributed by atoms with Crippen LogP contribution in [0, 0.1) is 27.2 Å². The Hall–Kier alpha value is -4.08. The Bertz CT molecular complexity index is 1170. The molecule has 0 saturated carbocycles. The van der Waals surface area contributed by atoms with Crippen molar-refractivity contribution in [2.24, 2.45) is 0 Å². The van der Waals surface area contributed by atoms with Crippen LogP contribution in [-0.2, 0) is 0 Å². The largest absolute Gasteiger partial charge is 0.414 e. The van der Waals surface area contributed by atoms with Gasteiger partial charge in [0.25, 0.3) is 11.6 Å². The number of nitrogens with one attached hydrogen (secondary N) is 1. The molecule has 136 valence electrons. The number of non-ortho nitro benzene ring substituents is 1. The number of nitro groups is 2. The number of benzene rings is 2. The minimum absolute atomic E-state index is 0.0224. The van der Waals surface area contributed by atoms with Crippen LogP contribution in [0.5, 0.6) is 0 Å². The van der Waals surface area contributed by atoms with E-state index in [-0.39, 0.29) is 33.6 Å². The third-order valence-corrected chi connectivity index (χ3v) is 3.85. The van der Waals surface area contributed by atoms with Crippen molar-refractivity contribution in [1.82, 2.24) is 0 Å². The molecule has 10 heteroatoms. The van der Waals surface area contributed by atoms with Gasteiger partial charge >= 0.3 is 11.3 Å². The topological polar surface area (TPSA) is 146 Å². The minimum Gasteiger partial charge on any atom is -0.414 e. The predicted octanol–water partition coefficient (Wildman–Crippen LogP) is 3.17. The zero-order valence-electron chi connectivity index (χ0n) is 13.8. The molecule has 1 heterocycles. The monoisotopic (exact) mass is 369 g/mol. The Balaban J connectivity index is 2.00. The van der Waals surface area contributed by atoms with E-state index >= 15 is 0 Å². The summed E-state index contributed by atoms with van der Waals surface area (Å²) in [6.07, 6.45) is 0. The molecule has 3 aromatic rings. The molecule has 0 saturated heterocycles. The second-order valence-electron chi connectivity index (χ2n) is 5.61. The van der Waals surface area contributed by atoms with Crippen LogP contribution in [0.15, 0.2) is 51.7 Å². The Labute approximate surface area is 150 Å². The Morgan fingerprint density at radius 2 is 1.74 bits per heavy atom. The maximum absolute atomic E-state index is 12.3. The molecule has 0 aliphatic rings. The molecule has 1 aromatic heterocycles. The van der Waals surface area contributed by atoms with E-state index in [1.807, 2.05) is 0 Å². The highest BCUT2D eigenvalue weighted by Gasteiger charge is 2.19. The molecule has 0 spiro atoms. The number of carbonyl (C=O) groups excluding carboxylic acids is 1. The van der Waals surface area contributed by atoms with Gasteiger partial charge in [0.2, 0.25) is 5.58 Å². The zero-order chi connectivity index (χ0) is 19.7. The van der Waals surface area contributed by atoms with Gasteiger partial charge in [-0.3, -0.25) is 25.0 Å². The Morgan fingerprint density at radius 1 is 1.04 bits per heavy atom. The average molecular weight is 369 g/mol. The summed E-state index contributed by atoms with van der Waals surface area (Å²) >= 11 is 0. The first-order chi connectivity index (χ1) is 12.8. The normalized spacial score (nSPS) is 10.6. The van der Waals surface area contributed by atoms with Crippen molar-refractivity contribution in [3.05, 3.63) is 84.2 Å². The van der Waals surface area contributed by atoms with E-state index in [2.05, 4.69) is 5.32 Å². The minimum atomic E-state index is -0.980.